The summed E-state index contributed by atoms with van der Waals surface area (Å²) in [6.45, 7) is 7.91. The van der Waals surface area contributed by atoms with Gasteiger partial charge in [0.25, 0.3) is 0 Å². The summed E-state index contributed by atoms with van der Waals surface area (Å²) in [6, 6.07) is 5.55. The Hall–Kier alpha value is -1.82. The fourth-order valence-electron chi connectivity index (χ4n) is 1.98. The van der Waals surface area contributed by atoms with Crippen molar-refractivity contribution in [1.29, 1.82) is 0 Å². The zero-order chi connectivity index (χ0) is 17.6. The Balaban J connectivity index is 2.70. The summed E-state index contributed by atoms with van der Waals surface area (Å²) in [5.41, 5.74) is -0.271. The number of nitrogens with zero attached hydrogens (tertiary/aromatic N) is 1. The molecule has 23 heavy (non-hydrogen) atoms. The van der Waals surface area contributed by atoms with Crippen LogP contribution in [0.4, 0.5) is 9.18 Å². The van der Waals surface area contributed by atoms with E-state index in [-0.39, 0.29) is 36.4 Å². The van der Waals surface area contributed by atoms with Gasteiger partial charge in [-0.15, -0.1) is 0 Å². The summed E-state index contributed by atoms with van der Waals surface area (Å²) < 4.78 is 19.2. The van der Waals surface area contributed by atoms with E-state index < -0.39 is 11.9 Å². The molecule has 0 aliphatic heterocycles. The molecule has 6 heteroatoms. The normalized spacial score (nSPS) is 14.0. The Morgan fingerprint density at radius 2 is 2.00 bits per heavy atom. The van der Waals surface area contributed by atoms with Crippen molar-refractivity contribution in [3.63, 3.8) is 0 Å². The fourth-order valence-corrected chi connectivity index (χ4v) is 1.98. The number of hydrogen-bond acceptors (Lipinski definition) is 3. The van der Waals surface area contributed by atoms with Crippen LogP contribution in [0.1, 0.15) is 27.7 Å². The van der Waals surface area contributed by atoms with Gasteiger partial charge < -0.3 is 20.1 Å². The topological polar surface area (TPSA) is 61.8 Å². The van der Waals surface area contributed by atoms with Crippen molar-refractivity contribution in [2.75, 3.05) is 20.2 Å². The van der Waals surface area contributed by atoms with E-state index in [0.717, 1.165) is 0 Å². The molecule has 0 bridgehead atoms. The van der Waals surface area contributed by atoms with E-state index in [2.05, 4.69) is 5.32 Å². The molecule has 0 aromatic heterocycles. The molecule has 5 nitrogen and oxygen atoms in total. The van der Waals surface area contributed by atoms with Gasteiger partial charge >= 0.3 is 6.03 Å². The number of hydrogen-bond donors (Lipinski definition) is 2. The first kappa shape index (κ1) is 19.2. The summed E-state index contributed by atoms with van der Waals surface area (Å²) in [4.78, 5) is 13.6. The van der Waals surface area contributed by atoms with Crippen LogP contribution in [-0.2, 0) is 0 Å². The highest BCUT2D eigenvalue weighted by Gasteiger charge is 2.28. The van der Waals surface area contributed by atoms with E-state index in [1.54, 1.807) is 32.2 Å². The second-order valence-electron chi connectivity index (χ2n) is 6.84. The van der Waals surface area contributed by atoms with Crippen molar-refractivity contribution in [2.24, 2.45) is 5.41 Å². The van der Waals surface area contributed by atoms with E-state index in [1.165, 1.54) is 11.0 Å². The molecule has 0 spiro atoms. The van der Waals surface area contributed by atoms with Crippen LogP contribution >= 0.6 is 0 Å². The molecule has 2 atom stereocenters. The van der Waals surface area contributed by atoms with Crippen LogP contribution in [0.15, 0.2) is 24.3 Å². The lowest BCUT2D eigenvalue weighted by Crippen LogP contribution is -2.52. The lowest BCUT2D eigenvalue weighted by molar-refractivity contribution is 0.129. The number of likely N-dealkylation sites (N-methyl/N-ethyl adjacent to an activating group) is 1. The maximum atomic E-state index is 13.6. The molecule has 1 aromatic rings. The van der Waals surface area contributed by atoms with Gasteiger partial charge in [0.15, 0.2) is 11.6 Å². The minimum atomic E-state index is -0.603. The lowest BCUT2D eigenvalue weighted by Gasteiger charge is -2.33. The smallest absolute Gasteiger partial charge is 0.317 e. The number of urea groups is 1. The predicted molar refractivity (Wildman–Crippen MR) is 88.0 cm³/mol. The van der Waals surface area contributed by atoms with Gasteiger partial charge in [0.05, 0.1) is 12.1 Å². The zero-order valence-electron chi connectivity index (χ0n) is 14.5. The molecule has 0 saturated heterocycles. The summed E-state index contributed by atoms with van der Waals surface area (Å²) >= 11 is 0. The molecule has 1 rings (SSSR count). The van der Waals surface area contributed by atoms with Gasteiger partial charge in [0.2, 0.25) is 0 Å². The van der Waals surface area contributed by atoms with Gasteiger partial charge in [-0.2, -0.15) is 0 Å². The SMILES string of the molecule is CC(O)CN(C)C(=O)NC(COc1ccccc1F)C(C)(C)C. The minimum Gasteiger partial charge on any atom is -0.488 e. The molecule has 2 amide bonds. The van der Waals surface area contributed by atoms with Crippen molar-refractivity contribution < 1.29 is 19.0 Å². The van der Waals surface area contributed by atoms with Gasteiger partial charge in [0, 0.05) is 13.6 Å². The molecule has 2 N–H and O–H groups in total. The lowest BCUT2D eigenvalue weighted by atomic mass is 9.87. The third-order valence-corrected chi connectivity index (χ3v) is 3.47. The number of para-hydroxylation sites is 1. The van der Waals surface area contributed by atoms with Crippen LogP contribution in [0.5, 0.6) is 5.75 Å². The van der Waals surface area contributed by atoms with E-state index in [1.807, 2.05) is 20.8 Å². The second kappa shape index (κ2) is 8.15. The molecular weight excluding hydrogens is 299 g/mol. The zero-order valence-corrected chi connectivity index (χ0v) is 14.5. The van der Waals surface area contributed by atoms with E-state index >= 15 is 0 Å². The summed E-state index contributed by atoms with van der Waals surface area (Å²) in [6.07, 6.45) is -0.603. The third-order valence-electron chi connectivity index (χ3n) is 3.47. The highest BCUT2D eigenvalue weighted by Crippen LogP contribution is 2.22. The largest absolute Gasteiger partial charge is 0.488 e. The number of carbonyl (C=O) groups excluding carboxylic acids is 1. The molecule has 0 fully saturated rings. The average Bonchev–Trinajstić information content (AvgIpc) is 2.42. The first-order valence-corrected chi connectivity index (χ1v) is 7.68. The van der Waals surface area contributed by atoms with Gasteiger partial charge in [0.1, 0.15) is 6.61 Å². The average molecular weight is 326 g/mol. The van der Waals surface area contributed by atoms with Crippen LogP contribution in [-0.4, -0.2) is 48.4 Å². The van der Waals surface area contributed by atoms with Gasteiger partial charge in [-0.3, -0.25) is 0 Å². The van der Waals surface area contributed by atoms with Gasteiger partial charge in [-0.05, 0) is 24.5 Å². The second-order valence-corrected chi connectivity index (χ2v) is 6.84. The molecule has 2 unspecified atom stereocenters. The Labute approximate surface area is 137 Å². The molecule has 0 saturated carbocycles. The Morgan fingerprint density at radius 1 is 1.39 bits per heavy atom. The van der Waals surface area contributed by atoms with Crippen molar-refractivity contribution in [3.05, 3.63) is 30.1 Å². The standard InChI is InChI=1S/C17H27FN2O3/c1-12(21)10-20(5)16(22)19-15(17(2,3)4)11-23-14-9-7-6-8-13(14)18/h6-9,12,15,21H,10-11H2,1-5H3,(H,19,22). The number of halogens is 1. The Morgan fingerprint density at radius 3 is 2.52 bits per heavy atom. The monoisotopic (exact) mass is 326 g/mol. The highest BCUT2D eigenvalue weighted by molar-refractivity contribution is 5.74. The Bertz CT molecular complexity index is 515. The molecule has 130 valence electrons. The van der Waals surface area contributed by atoms with Crippen molar-refractivity contribution >= 4 is 6.03 Å². The predicted octanol–water partition coefficient (Wildman–Crippen LogP) is 2.64. The molecule has 0 aliphatic rings. The number of ether oxygens (including phenoxy) is 1. The van der Waals surface area contributed by atoms with E-state index in [9.17, 15) is 14.3 Å². The van der Waals surface area contributed by atoms with Crippen molar-refractivity contribution in [2.45, 2.75) is 39.8 Å². The van der Waals surface area contributed by atoms with E-state index in [4.69, 9.17) is 4.74 Å². The summed E-state index contributed by atoms with van der Waals surface area (Å²) in [7, 11) is 1.61. The number of aliphatic hydroxyl groups excluding tert-OH is 1. The molecule has 0 heterocycles. The van der Waals surface area contributed by atoms with Gasteiger partial charge in [-0.25, -0.2) is 9.18 Å². The minimum absolute atomic E-state index is 0.151. The number of rotatable bonds is 6. The number of carbonyl (C=O) groups is 1. The van der Waals surface area contributed by atoms with Gasteiger partial charge in [-0.1, -0.05) is 32.9 Å². The highest BCUT2D eigenvalue weighted by atomic mass is 19.1. The quantitative estimate of drug-likeness (QED) is 0.845. The first-order valence-electron chi connectivity index (χ1n) is 7.68. The van der Waals surface area contributed by atoms with Crippen LogP contribution in [0, 0.1) is 11.2 Å². The number of nitrogens with one attached hydrogen (secondary N) is 1. The van der Waals surface area contributed by atoms with Crippen molar-refractivity contribution in [3.8, 4) is 5.75 Å². The van der Waals surface area contributed by atoms with Crippen LogP contribution < -0.4 is 10.1 Å². The summed E-state index contributed by atoms with van der Waals surface area (Å²) in [5, 5.41) is 12.2. The molecule has 1 aromatic carbocycles. The maximum Gasteiger partial charge on any atom is 0.317 e. The van der Waals surface area contributed by atoms with Crippen molar-refractivity contribution in [1.82, 2.24) is 10.2 Å². The first-order chi connectivity index (χ1) is 10.6. The Kier molecular flexibility index (Phi) is 6.81. The van der Waals surface area contributed by atoms with Crippen LogP contribution in [0.3, 0.4) is 0 Å². The molecular formula is C17H27FN2O3. The molecule has 0 radical (unpaired) electrons. The molecule has 0 aliphatic carbocycles. The fraction of sp³-hybridized carbons (Fsp3) is 0.588. The maximum absolute atomic E-state index is 13.6. The number of benzene rings is 1. The van der Waals surface area contributed by atoms with Crippen LogP contribution in [0.25, 0.3) is 0 Å². The third kappa shape index (κ3) is 6.44. The van der Waals surface area contributed by atoms with E-state index in [0.29, 0.717) is 0 Å². The van der Waals surface area contributed by atoms with Crippen LogP contribution in [0.2, 0.25) is 0 Å². The summed E-state index contributed by atoms with van der Waals surface area (Å²) in [5.74, 6) is -0.272. The number of amides is 2. The number of aliphatic hydroxyl groups is 1.